The molecule has 3 rings (SSSR count). The number of hydrogen-bond acceptors (Lipinski definition) is 4. The number of halogens is 1. The third-order valence-electron chi connectivity index (χ3n) is 4.80. The number of esters is 1. The molecule has 2 saturated heterocycles. The van der Waals surface area contributed by atoms with Crippen molar-refractivity contribution in [3.05, 3.63) is 29.3 Å². The normalized spacial score (nSPS) is 29.3. The fraction of sp³-hybridized carbons (Fsp3) is 0.588. The van der Waals surface area contributed by atoms with Crippen molar-refractivity contribution in [1.29, 1.82) is 0 Å². The minimum Gasteiger partial charge on any atom is -0.461 e. The Bertz CT molecular complexity index is 522. The second-order valence-corrected chi connectivity index (χ2v) is 8.15. The minimum atomic E-state index is -0.196. The predicted octanol–water partition coefficient (Wildman–Crippen LogP) is 3.99. The Morgan fingerprint density at radius 1 is 1.27 bits per heavy atom. The molecule has 5 heteroatoms. The zero-order chi connectivity index (χ0) is 15.7. The third-order valence-corrected chi connectivity index (χ3v) is 6.14. The maximum Gasteiger partial charge on any atom is 0.319 e. The molecule has 1 aromatic rings. The molecule has 0 spiro atoms. The van der Waals surface area contributed by atoms with Crippen LogP contribution in [0, 0.1) is 0 Å². The third kappa shape index (κ3) is 3.61. The highest BCUT2D eigenvalue weighted by Gasteiger charge is 2.40. The summed E-state index contributed by atoms with van der Waals surface area (Å²) in [6.45, 7) is 1.91. The van der Waals surface area contributed by atoms with Gasteiger partial charge in [-0.1, -0.05) is 11.6 Å². The lowest BCUT2D eigenvalue weighted by molar-refractivity contribution is -0.151. The number of piperidine rings is 1. The second kappa shape index (κ2) is 6.81. The first-order valence-electron chi connectivity index (χ1n) is 7.87. The Labute approximate surface area is 141 Å². The van der Waals surface area contributed by atoms with Crippen LogP contribution in [-0.4, -0.2) is 41.4 Å². The van der Waals surface area contributed by atoms with Gasteiger partial charge in [0.2, 0.25) is 0 Å². The summed E-state index contributed by atoms with van der Waals surface area (Å²) in [5.74, 6) is -0.103. The van der Waals surface area contributed by atoms with Crippen LogP contribution in [0.5, 0.6) is 0 Å². The van der Waals surface area contributed by atoms with E-state index in [4.69, 9.17) is 16.3 Å². The highest BCUT2D eigenvalue weighted by atomic mass is 35.5. The van der Waals surface area contributed by atoms with Crippen LogP contribution in [0.15, 0.2) is 29.2 Å². The van der Waals surface area contributed by atoms with E-state index in [0.717, 1.165) is 17.7 Å². The fourth-order valence-electron chi connectivity index (χ4n) is 3.48. The lowest BCUT2D eigenvalue weighted by atomic mass is 10.0. The van der Waals surface area contributed by atoms with Crippen molar-refractivity contribution < 1.29 is 9.53 Å². The quantitative estimate of drug-likeness (QED) is 0.613. The van der Waals surface area contributed by atoms with Crippen molar-refractivity contribution in [2.45, 2.75) is 60.9 Å². The zero-order valence-electron chi connectivity index (χ0n) is 13.0. The van der Waals surface area contributed by atoms with Crippen LogP contribution in [0.4, 0.5) is 0 Å². The van der Waals surface area contributed by atoms with Gasteiger partial charge in [-0.3, -0.25) is 4.79 Å². The number of nitrogens with zero attached hydrogens (tertiary/aromatic N) is 1. The van der Waals surface area contributed by atoms with Gasteiger partial charge in [0.25, 0.3) is 0 Å². The van der Waals surface area contributed by atoms with Crippen LogP contribution in [0.2, 0.25) is 5.02 Å². The van der Waals surface area contributed by atoms with Crippen molar-refractivity contribution in [1.82, 2.24) is 4.90 Å². The number of benzene rings is 1. The molecule has 0 saturated carbocycles. The topological polar surface area (TPSA) is 29.5 Å². The summed E-state index contributed by atoms with van der Waals surface area (Å²) in [6, 6.07) is 8.75. The van der Waals surface area contributed by atoms with Crippen LogP contribution < -0.4 is 0 Å². The SMILES string of the molecule is C[C@@H](Sc1ccc(Cl)cc1)C(=O)OC1CC2CCC(C1)N2C. The van der Waals surface area contributed by atoms with Crippen molar-refractivity contribution in [3.63, 3.8) is 0 Å². The second-order valence-electron chi connectivity index (χ2n) is 6.29. The summed E-state index contributed by atoms with van der Waals surface area (Å²) in [6.07, 6.45) is 4.54. The Morgan fingerprint density at radius 2 is 1.86 bits per heavy atom. The van der Waals surface area contributed by atoms with Crippen LogP contribution >= 0.6 is 23.4 Å². The molecular weight excluding hydrogens is 318 g/mol. The first kappa shape index (κ1) is 16.2. The van der Waals surface area contributed by atoms with Gasteiger partial charge >= 0.3 is 5.97 Å². The van der Waals surface area contributed by atoms with E-state index in [-0.39, 0.29) is 17.3 Å². The molecule has 0 aromatic heterocycles. The summed E-state index contributed by atoms with van der Waals surface area (Å²) >= 11 is 7.40. The molecule has 0 amide bonds. The number of ether oxygens (including phenoxy) is 1. The number of rotatable bonds is 4. The van der Waals surface area contributed by atoms with E-state index >= 15 is 0 Å². The van der Waals surface area contributed by atoms with Gasteiger partial charge in [0.1, 0.15) is 11.4 Å². The number of carbonyl (C=O) groups is 1. The van der Waals surface area contributed by atoms with Crippen molar-refractivity contribution in [2.75, 3.05) is 7.05 Å². The summed E-state index contributed by atoms with van der Waals surface area (Å²) in [5.41, 5.74) is 0. The molecule has 0 aliphatic carbocycles. The summed E-state index contributed by atoms with van der Waals surface area (Å²) in [5, 5.41) is 0.514. The van der Waals surface area contributed by atoms with Gasteiger partial charge in [0.15, 0.2) is 0 Å². The van der Waals surface area contributed by atoms with E-state index in [9.17, 15) is 4.79 Å². The van der Waals surface area contributed by atoms with Crippen LogP contribution in [0.25, 0.3) is 0 Å². The van der Waals surface area contributed by atoms with Crippen LogP contribution in [0.3, 0.4) is 0 Å². The molecule has 0 N–H and O–H groups in total. The van der Waals surface area contributed by atoms with Gasteiger partial charge < -0.3 is 9.64 Å². The molecule has 2 bridgehead atoms. The Hall–Kier alpha value is -0.710. The lowest BCUT2D eigenvalue weighted by Gasteiger charge is -2.36. The van der Waals surface area contributed by atoms with Crippen molar-refractivity contribution >= 4 is 29.3 Å². The molecule has 0 radical (unpaired) electrons. The van der Waals surface area contributed by atoms with Gasteiger partial charge in [-0.05, 0) is 63.9 Å². The molecular formula is C17H22ClNO2S. The molecule has 2 heterocycles. The van der Waals surface area contributed by atoms with E-state index < -0.39 is 0 Å². The Kier molecular flexibility index (Phi) is 5.00. The summed E-state index contributed by atoms with van der Waals surface area (Å²) < 4.78 is 5.77. The van der Waals surface area contributed by atoms with Gasteiger partial charge in [0.05, 0.1) is 0 Å². The molecule has 120 valence electrons. The van der Waals surface area contributed by atoms with Gasteiger partial charge in [-0.15, -0.1) is 11.8 Å². The number of carbonyl (C=O) groups excluding carboxylic acids is 1. The van der Waals surface area contributed by atoms with Gasteiger partial charge in [-0.25, -0.2) is 0 Å². The number of fused-ring (bicyclic) bond motifs is 2. The van der Waals surface area contributed by atoms with E-state index in [1.165, 1.54) is 24.6 Å². The van der Waals surface area contributed by atoms with Gasteiger partial charge in [-0.2, -0.15) is 0 Å². The molecule has 22 heavy (non-hydrogen) atoms. The molecule has 2 fully saturated rings. The summed E-state index contributed by atoms with van der Waals surface area (Å²) in [7, 11) is 2.19. The van der Waals surface area contributed by atoms with E-state index in [1.807, 2.05) is 31.2 Å². The highest BCUT2D eigenvalue weighted by molar-refractivity contribution is 8.00. The fourth-order valence-corrected chi connectivity index (χ4v) is 4.46. The Morgan fingerprint density at radius 3 is 2.45 bits per heavy atom. The standard InChI is InChI=1S/C17H22ClNO2S/c1-11(22-16-7-3-12(18)4-8-16)17(20)21-15-9-13-5-6-14(10-15)19(13)2/h3-4,7-8,11,13-15H,5-6,9-10H2,1-2H3/t11-,13?,14?,15?/m1/s1. The highest BCUT2D eigenvalue weighted by Crippen LogP contribution is 2.36. The number of thioether (sulfide) groups is 1. The van der Waals surface area contributed by atoms with Gasteiger partial charge in [0, 0.05) is 22.0 Å². The van der Waals surface area contributed by atoms with E-state index in [1.54, 1.807) is 0 Å². The first-order chi connectivity index (χ1) is 10.5. The van der Waals surface area contributed by atoms with Crippen molar-refractivity contribution in [2.24, 2.45) is 0 Å². The van der Waals surface area contributed by atoms with E-state index in [2.05, 4.69) is 11.9 Å². The maximum atomic E-state index is 12.3. The van der Waals surface area contributed by atoms with E-state index in [0.29, 0.717) is 17.1 Å². The van der Waals surface area contributed by atoms with Crippen LogP contribution in [0.1, 0.15) is 32.6 Å². The molecule has 3 atom stereocenters. The molecule has 1 aromatic carbocycles. The van der Waals surface area contributed by atoms with Crippen LogP contribution in [-0.2, 0) is 9.53 Å². The van der Waals surface area contributed by atoms with Crippen molar-refractivity contribution in [3.8, 4) is 0 Å². The monoisotopic (exact) mass is 339 g/mol. The predicted molar refractivity (Wildman–Crippen MR) is 90.5 cm³/mol. The zero-order valence-corrected chi connectivity index (χ0v) is 14.6. The molecule has 2 aliphatic heterocycles. The lowest BCUT2D eigenvalue weighted by Crippen LogP contribution is -2.44. The minimum absolute atomic E-state index is 0.0921. The molecule has 2 aliphatic rings. The molecule has 3 nitrogen and oxygen atoms in total. The number of hydrogen-bond donors (Lipinski definition) is 0. The first-order valence-corrected chi connectivity index (χ1v) is 9.13. The molecule has 2 unspecified atom stereocenters. The summed E-state index contributed by atoms with van der Waals surface area (Å²) in [4.78, 5) is 15.8. The average Bonchev–Trinajstić information content (AvgIpc) is 2.72. The average molecular weight is 340 g/mol. The Balaban J connectivity index is 1.52. The maximum absolute atomic E-state index is 12.3. The largest absolute Gasteiger partial charge is 0.461 e. The smallest absolute Gasteiger partial charge is 0.319 e.